The highest BCUT2D eigenvalue weighted by molar-refractivity contribution is 7.47. The van der Waals surface area contributed by atoms with Crippen LogP contribution in [0.2, 0.25) is 0 Å². The molecule has 0 aliphatic heterocycles. The van der Waals surface area contributed by atoms with Gasteiger partial charge in [-0.1, -0.05) is 401 Å². The van der Waals surface area contributed by atoms with Crippen molar-refractivity contribution in [2.45, 2.75) is 470 Å². The Bertz CT molecular complexity index is 1960. The van der Waals surface area contributed by atoms with Crippen LogP contribution in [0.25, 0.3) is 0 Å². The highest BCUT2D eigenvalue weighted by atomic mass is 31.2. The van der Waals surface area contributed by atoms with Crippen molar-refractivity contribution in [3.63, 3.8) is 0 Å². The van der Waals surface area contributed by atoms with E-state index in [9.17, 15) is 43.2 Å². The normalized spacial score (nSPS) is 13.8. The molecule has 17 nitrogen and oxygen atoms in total. The highest BCUT2D eigenvalue weighted by Gasteiger charge is 2.30. The first kappa shape index (κ1) is 101. The second-order valence-corrected chi connectivity index (χ2v) is 33.6. The molecule has 0 saturated heterocycles. The average molecular weight is 1510 g/mol. The Balaban J connectivity index is 5.21. The summed E-state index contributed by atoms with van der Waals surface area (Å²) in [6, 6.07) is 0. The van der Waals surface area contributed by atoms with Gasteiger partial charge < -0.3 is 33.8 Å². The topological polar surface area (TPSA) is 237 Å². The molecule has 0 aromatic rings. The minimum atomic E-state index is -4.96. The molecule has 103 heavy (non-hydrogen) atoms. The van der Waals surface area contributed by atoms with Crippen LogP contribution in [0.15, 0.2) is 0 Å². The summed E-state index contributed by atoms with van der Waals surface area (Å²) in [5, 5.41) is 10.7. The number of carbonyl (C=O) groups excluding carboxylic acids is 4. The van der Waals surface area contributed by atoms with Gasteiger partial charge in [0.15, 0.2) is 12.2 Å². The van der Waals surface area contributed by atoms with E-state index in [4.69, 9.17) is 37.0 Å². The van der Waals surface area contributed by atoms with E-state index in [1.807, 2.05) is 0 Å². The Morgan fingerprint density at radius 1 is 0.262 bits per heavy atom. The molecule has 0 fully saturated rings. The van der Waals surface area contributed by atoms with Crippen LogP contribution in [0.4, 0.5) is 0 Å². The van der Waals surface area contributed by atoms with Crippen molar-refractivity contribution in [2.75, 3.05) is 39.6 Å². The van der Waals surface area contributed by atoms with Crippen LogP contribution in [0.3, 0.4) is 0 Å². The summed E-state index contributed by atoms with van der Waals surface area (Å²) in [4.78, 5) is 73.1. The Morgan fingerprint density at radius 3 is 0.660 bits per heavy atom. The zero-order chi connectivity index (χ0) is 75.5. The number of hydrogen-bond acceptors (Lipinski definition) is 15. The second-order valence-electron chi connectivity index (χ2n) is 30.7. The van der Waals surface area contributed by atoms with Crippen molar-refractivity contribution in [2.24, 2.45) is 5.92 Å². The lowest BCUT2D eigenvalue weighted by Gasteiger charge is -2.21. The molecule has 5 atom stereocenters. The number of hydrogen-bond donors (Lipinski definition) is 3. The quantitative estimate of drug-likeness (QED) is 0.0222. The summed E-state index contributed by atoms with van der Waals surface area (Å²) >= 11 is 0. The van der Waals surface area contributed by atoms with Crippen molar-refractivity contribution in [3.05, 3.63) is 0 Å². The number of phosphoric acid groups is 2. The van der Waals surface area contributed by atoms with E-state index in [0.29, 0.717) is 25.7 Å². The fourth-order valence-electron chi connectivity index (χ4n) is 13.1. The number of rotatable bonds is 84. The molecule has 0 aromatic carbocycles. The number of aliphatic hydroxyl groups excluding tert-OH is 1. The zero-order valence-electron chi connectivity index (χ0n) is 67.5. The van der Waals surface area contributed by atoms with Gasteiger partial charge in [-0.3, -0.25) is 37.3 Å². The molecule has 0 aromatic heterocycles. The monoisotopic (exact) mass is 1510 g/mol. The van der Waals surface area contributed by atoms with E-state index in [-0.39, 0.29) is 25.7 Å². The SMILES string of the molecule is CCCCCCCCCCCCCCCCCCCCCCCC(=O)O[C@H](COC(=O)CCCCCCCCCCCCCCCCCCCCC)COP(=O)(O)OC[C@@H](O)COP(=O)(O)OC[C@@H](COC(=O)CCCCCCCCCCCCC)OC(=O)CCCCCCCCCCCC(C)C. The fourth-order valence-corrected chi connectivity index (χ4v) is 14.7. The van der Waals surface area contributed by atoms with E-state index in [0.717, 1.165) is 95.8 Å². The van der Waals surface area contributed by atoms with Gasteiger partial charge >= 0.3 is 39.5 Å². The Labute approximate surface area is 632 Å². The van der Waals surface area contributed by atoms with E-state index in [1.54, 1.807) is 0 Å². The summed E-state index contributed by atoms with van der Waals surface area (Å²) in [7, 11) is -9.92. The van der Waals surface area contributed by atoms with Crippen LogP contribution >= 0.6 is 15.6 Å². The van der Waals surface area contributed by atoms with Crippen LogP contribution in [0.5, 0.6) is 0 Å². The number of unbranched alkanes of at least 4 members (excludes halogenated alkanes) is 56. The molecule has 2 unspecified atom stereocenters. The molecule has 0 amide bonds. The molecule has 0 heterocycles. The standard InChI is InChI=1S/C84H164O17P2/c1-6-9-12-15-18-21-24-26-28-30-32-33-35-37-39-41-44-49-54-59-64-69-83(88)100-79(73-95-82(87)68-63-58-53-48-43-40-38-36-34-31-29-27-25-22-19-16-13-10-7-2)75-98-102(90,91)96-71-78(85)72-97-103(92,93)99-76-80(74-94-81(86)67-62-57-52-47-42-23-20-17-14-11-8-3)101-84(89)70-65-60-55-50-45-46-51-56-61-66-77(4)5/h77-80,85H,6-76H2,1-5H3,(H,90,91)(H,92,93)/t78-,79-,80-/m1/s1. The lowest BCUT2D eigenvalue weighted by molar-refractivity contribution is -0.161. The minimum Gasteiger partial charge on any atom is -0.462 e. The first-order valence-electron chi connectivity index (χ1n) is 43.6. The molecule has 19 heteroatoms. The zero-order valence-corrected chi connectivity index (χ0v) is 69.3. The summed E-state index contributed by atoms with van der Waals surface area (Å²) in [6.45, 7) is 7.32. The van der Waals surface area contributed by atoms with Gasteiger partial charge in [0.1, 0.15) is 19.3 Å². The van der Waals surface area contributed by atoms with E-state index in [2.05, 4.69) is 34.6 Å². The lowest BCUT2D eigenvalue weighted by atomic mass is 10.0. The number of phosphoric ester groups is 2. The van der Waals surface area contributed by atoms with Crippen molar-refractivity contribution in [1.29, 1.82) is 0 Å². The molecule has 0 saturated carbocycles. The fraction of sp³-hybridized carbons (Fsp3) is 0.952. The van der Waals surface area contributed by atoms with Crippen LogP contribution in [-0.2, 0) is 65.4 Å². The van der Waals surface area contributed by atoms with Gasteiger partial charge in [0.05, 0.1) is 26.4 Å². The summed E-state index contributed by atoms with van der Waals surface area (Å²) < 4.78 is 68.8. The van der Waals surface area contributed by atoms with Gasteiger partial charge in [-0.2, -0.15) is 0 Å². The molecule has 612 valence electrons. The first-order chi connectivity index (χ1) is 50.0. The van der Waals surface area contributed by atoms with E-state index in [1.165, 1.54) is 276 Å². The lowest BCUT2D eigenvalue weighted by Crippen LogP contribution is -2.30. The van der Waals surface area contributed by atoms with E-state index < -0.39 is 97.5 Å². The summed E-state index contributed by atoms with van der Waals surface area (Å²) in [5.74, 6) is -1.37. The molecule has 0 aliphatic rings. The number of esters is 4. The maximum atomic E-state index is 13.1. The predicted octanol–water partition coefficient (Wildman–Crippen LogP) is 25.6. The Kier molecular flexibility index (Phi) is 75.4. The number of carbonyl (C=O) groups is 4. The smallest absolute Gasteiger partial charge is 0.462 e. The minimum absolute atomic E-state index is 0.106. The van der Waals surface area contributed by atoms with Crippen molar-refractivity contribution < 1.29 is 80.2 Å². The number of ether oxygens (including phenoxy) is 4. The highest BCUT2D eigenvalue weighted by Crippen LogP contribution is 2.45. The third-order valence-electron chi connectivity index (χ3n) is 19.8. The van der Waals surface area contributed by atoms with Gasteiger partial charge in [0.25, 0.3) is 0 Å². The molecule has 0 radical (unpaired) electrons. The third-order valence-corrected chi connectivity index (χ3v) is 21.7. The predicted molar refractivity (Wildman–Crippen MR) is 423 cm³/mol. The van der Waals surface area contributed by atoms with E-state index >= 15 is 0 Å². The third kappa shape index (κ3) is 78.0. The Morgan fingerprint density at radius 2 is 0.447 bits per heavy atom. The van der Waals surface area contributed by atoms with Crippen LogP contribution in [0.1, 0.15) is 452 Å². The molecule has 0 rings (SSSR count). The maximum absolute atomic E-state index is 13.1. The van der Waals surface area contributed by atoms with Gasteiger partial charge in [-0.05, 0) is 31.6 Å². The molecular formula is C84H164O17P2. The number of aliphatic hydroxyl groups is 1. The second kappa shape index (κ2) is 76.8. The van der Waals surface area contributed by atoms with Crippen LogP contribution in [0, 0.1) is 5.92 Å². The van der Waals surface area contributed by atoms with Crippen LogP contribution < -0.4 is 0 Å². The van der Waals surface area contributed by atoms with Crippen molar-refractivity contribution in [1.82, 2.24) is 0 Å². The van der Waals surface area contributed by atoms with Gasteiger partial charge in [0, 0.05) is 25.7 Å². The molecular weight excluding hydrogens is 1340 g/mol. The average Bonchev–Trinajstić information content (AvgIpc) is 0.912. The van der Waals surface area contributed by atoms with Crippen LogP contribution in [-0.4, -0.2) is 96.7 Å². The Hall–Kier alpha value is -1.94. The van der Waals surface area contributed by atoms with Gasteiger partial charge in [-0.25, -0.2) is 9.13 Å². The molecule has 0 bridgehead atoms. The van der Waals surface area contributed by atoms with Gasteiger partial charge in [0.2, 0.25) is 0 Å². The summed E-state index contributed by atoms with van der Waals surface area (Å²) in [5.41, 5.74) is 0. The maximum Gasteiger partial charge on any atom is 0.472 e. The molecule has 0 spiro atoms. The first-order valence-corrected chi connectivity index (χ1v) is 46.6. The van der Waals surface area contributed by atoms with Crippen molar-refractivity contribution in [3.8, 4) is 0 Å². The molecule has 0 aliphatic carbocycles. The molecule has 3 N–H and O–H groups in total. The summed E-state index contributed by atoms with van der Waals surface area (Å²) in [6.07, 6.45) is 69.5. The van der Waals surface area contributed by atoms with Gasteiger partial charge in [-0.15, -0.1) is 0 Å². The van der Waals surface area contributed by atoms with Crippen molar-refractivity contribution >= 4 is 39.5 Å². The largest absolute Gasteiger partial charge is 0.472 e.